The molecule has 0 aromatic heterocycles. The minimum absolute atomic E-state index is 0.0266. The van der Waals surface area contributed by atoms with Crippen molar-refractivity contribution in [3.05, 3.63) is 41.2 Å². The fourth-order valence-electron chi connectivity index (χ4n) is 6.53. The third kappa shape index (κ3) is 7.86. The molecule has 1 aromatic carbocycles. The minimum Gasteiger partial charge on any atom is -0.461 e. The van der Waals surface area contributed by atoms with Crippen molar-refractivity contribution in [2.45, 2.75) is 89.4 Å². The second-order valence-electron chi connectivity index (χ2n) is 12.2. The van der Waals surface area contributed by atoms with E-state index in [1.807, 2.05) is 13.8 Å². The van der Waals surface area contributed by atoms with E-state index < -0.39 is 72.0 Å². The molecule has 4 aliphatic rings. The number of alkyl halides is 2. The number of carbonyl (C=O) groups is 4. The number of ether oxygens (including phenoxy) is 1. The predicted octanol–water partition coefficient (Wildman–Crippen LogP) is 4.61. The molecule has 0 radical (unpaired) electrons. The topological polar surface area (TPSA) is 117 Å². The monoisotopic (exact) mass is 640 g/mol. The molecule has 0 unspecified atom stereocenters. The normalized spacial score (nSPS) is 25.8. The molecule has 6 atom stereocenters. The summed E-state index contributed by atoms with van der Waals surface area (Å²) in [6.07, 6.45) is 1.32. The molecule has 13 heteroatoms. The molecule has 1 aromatic rings. The summed E-state index contributed by atoms with van der Waals surface area (Å²) in [6.45, 7) is 5.67. The van der Waals surface area contributed by atoms with Crippen LogP contribution in [0.15, 0.2) is 36.2 Å². The van der Waals surface area contributed by atoms with Crippen molar-refractivity contribution in [3.8, 4) is 0 Å². The average Bonchev–Trinajstić information content (AvgIpc) is 3.35. The van der Waals surface area contributed by atoms with Crippen LogP contribution >= 0.6 is 11.6 Å². The standard InChI is InChI=1S/C31H40ClF3N4O5/c1-4-44-30(43)24(33)15-21(13-18-10-11-36-27(18)40)38-28(41)26-23-9-8-22(16-31(23,34)35)39(26)29(42)25(12-17(2)3)37-20-7-5-6-19(32)14-20/h5-7,14-15,17-18,21-23,25-26,37H,4,8-13,16H2,1-3H3,(H,36,40)(H,38,41)/b24-15+/t18-,21+,22-,23-,25-,26-/m0/s1. The van der Waals surface area contributed by atoms with Crippen LogP contribution < -0.4 is 16.0 Å². The number of nitrogens with one attached hydrogen (secondary N) is 3. The largest absolute Gasteiger partial charge is 0.461 e. The Hall–Kier alpha value is -3.28. The molecule has 1 saturated carbocycles. The number of anilines is 1. The highest BCUT2D eigenvalue weighted by molar-refractivity contribution is 6.30. The molecule has 242 valence electrons. The fourth-order valence-corrected chi connectivity index (χ4v) is 6.72. The van der Waals surface area contributed by atoms with Gasteiger partial charge in [-0.3, -0.25) is 14.4 Å². The Morgan fingerprint density at radius 1 is 1.23 bits per heavy atom. The highest BCUT2D eigenvalue weighted by atomic mass is 35.5. The lowest BCUT2D eigenvalue weighted by atomic mass is 9.71. The first kappa shape index (κ1) is 33.6. The molecule has 3 aliphatic heterocycles. The van der Waals surface area contributed by atoms with E-state index in [0.29, 0.717) is 36.5 Å². The van der Waals surface area contributed by atoms with E-state index in [1.54, 1.807) is 24.3 Å². The third-order valence-electron chi connectivity index (χ3n) is 8.48. The Balaban J connectivity index is 1.65. The number of fused-ring (bicyclic) bond motifs is 3. The van der Waals surface area contributed by atoms with Crippen LogP contribution in [0.3, 0.4) is 0 Å². The van der Waals surface area contributed by atoms with Crippen molar-refractivity contribution in [2.24, 2.45) is 17.8 Å². The van der Waals surface area contributed by atoms with Crippen LogP contribution in [0.1, 0.15) is 59.3 Å². The van der Waals surface area contributed by atoms with Gasteiger partial charge in [0.15, 0.2) is 0 Å². The van der Waals surface area contributed by atoms with Crippen LogP contribution in [0.5, 0.6) is 0 Å². The third-order valence-corrected chi connectivity index (χ3v) is 8.71. The molecular formula is C31H40ClF3N4O5. The van der Waals surface area contributed by atoms with Gasteiger partial charge in [-0.2, -0.15) is 4.39 Å². The highest BCUT2D eigenvalue weighted by Crippen LogP contribution is 2.49. The number of esters is 1. The molecule has 4 fully saturated rings. The van der Waals surface area contributed by atoms with Crippen molar-refractivity contribution in [3.63, 3.8) is 0 Å². The van der Waals surface area contributed by atoms with Gasteiger partial charge in [0.1, 0.15) is 12.1 Å². The molecular weight excluding hydrogens is 601 g/mol. The summed E-state index contributed by atoms with van der Waals surface area (Å²) in [4.78, 5) is 53.7. The van der Waals surface area contributed by atoms with Gasteiger partial charge in [0.2, 0.25) is 23.5 Å². The number of carbonyl (C=O) groups excluding carboxylic acids is 4. The molecule has 0 spiro atoms. The first-order valence-electron chi connectivity index (χ1n) is 15.1. The van der Waals surface area contributed by atoms with E-state index >= 15 is 8.78 Å². The minimum atomic E-state index is -3.21. The molecule has 3 amide bonds. The van der Waals surface area contributed by atoms with Gasteiger partial charge in [0, 0.05) is 35.6 Å². The number of rotatable bonds is 12. The molecule has 3 heterocycles. The second kappa shape index (κ2) is 14.2. The smallest absolute Gasteiger partial charge is 0.366 e. The zero-order chi connectivity index (χ0) is 32.2. The van der Waals surface area contributed by atoms with E-state index in [4.69, 9.17) is 16.3 Å². The fraction of sp³-hybridized carbons (Fsp3) is 0.613. The van der Waals surface area contributed by atoms with Crippen LogP contribution in [0.2, 0.25) is 5.02 Å². The first-order valence-corrected chi connectivity index (χ1v) is 15.5. The van der Waals surface area contributed by atoms with Crippen molar-refractivity contribution < 1.29 is 37.1 Å². The van der Waals surface area contributed by atoms with Crippen molar-refractivity contribution in [2.75, 3.05) is 18.5 Å². The van der Waals surface area contributed by atoms with Crippen molar-refractivity contribution in [1.29, 1.82) is 0 Å². The van der Waals surface area contributed by atoms with Gasteiger partial charge in [-0.05, 0) is 69.2 Å². The summed E-state index contributed by atoms with van der Waals surface area (Å²) in [7, 11) is 0. The van der Waals surface area contributed by atoms with Crippen LogP contribution in [-0.4, -0.2) is 71.8 Å². The van der Waals surface area contributed by atoms with E-state index in [0.717, 1.165) is 6.08 Å². The summed E-state index contributed by atoms with van der Waals surface area (Å²) < 4.78 is 50.1. The van der Waals surface area contributed by atoms with Crippen molar-refractivity contribution >= 4 is 41.0 Å². The highest BCUT2D eigenvalue weighted by Gasteiger charge is 2.61. The quantitative estimate of drug-likeness (QED) is 0.227. The summed E-state index contributed by atoms with van der Waals surface area (Å²) in [5, 5.41) is 8.90. The lowest BCUT2D eigenvalue weighted by Crippen LogP contribution is -2.70. The number of hydrogen-bond acceptors (Lipinski definition) is 6. The zero-order valence-electron chi connectivity index (χ0n) is 25.1. The number of benzene rings is 1. The summed E-state index contributed by atoms with van der Waals surface area (Å²) in [5.74, 6) is -9.42. The van der Waals surface area contributed by atoms with E-state index in [2.05, 4.69) is 16.0 Å². The number of amides is 3. The van der Waals surface area contributed by atoms with Crippen LogP contribution in [0.4, 0.5) is 18.9 Å². The Morgan fingerprint density at radius 2 is 1.98 bits per heavy atom. The molecule has 44 heavy (non-hydrogen) atoms. The molecule has 2 bridgehead atoms. The lowest BCUT2D eigenvalue weighted by Gasteiger charge is -2.54. The maximum atomic E-state index is 15.3. The SMILES string of the molecule is CCOC(=O)/C(F)=C\[C@@H](C[C@@H]1CCNC1=O)NC(=O)[C@@H]1[C@@H]2CC[C@@H](CC2(F)F)N1C(=O)[C@H](CC(C)C)Nc1cccc(Cl)c1. The van der Waals surface area contributed by atoms with Gasteiger partial charge in [-0.25, -0.2) is 13.6 Å². The van der Waals surface area contributed by atoms with Gasteiger partial charge in [0.05, 0.1) is 18.6 Å². The number of halogens is 4. The Morgan fingerprint density at radius 3 is 2.59 bits per heavy atom. The molecule has 1 aliphatic carbocycles. The molecule has 5 rings (SSSR count). The number of piperidine rings is 2. The Kier molecular flexibility index (Phi) is 10.9. The van der Waals surface area contributed by atoms with Gasteiger partial charge >= 0.3 is 5.97 Å². The van der Waals surface area contributed by atoms with Crippen LogP contribution in [0.25, 0.3) is 0 Å². The lowest BCUT2D eigenvalue weighted by molar-refractivity contribution is -0.194. The van der Waals surface area contributed by atoms with Crippen molar-refractivity contribution in [1.82, 2.24) is 15.5 Å². The zero-order valence-corrected chi connectivity index (χ0v) is 25.8. The summed E-state index contributed by atoms with van der Waals surface area (Å²) >= 11 is 6.14. The molecule has 9 nitrogen and oxygen atoms in total. The average molecular weight is 641 g/mol. The van der Waals surface area contributed by atoms with Gasteiger partial charge in [-0.1, -0.05) is 31.5 Å². The maximum absolute atomic E-state index is 15.3. The van der Waals surface area contributed by atoms with E-state index in [9.17, 15) is 23.6 Å². The van der Waals surface area contributed by atoms with Gasteiger partial charge in [0.25, 0.3) is 5.92 Å². The first-order chi connectivity index (χ1) is 20.8. The predicted molar refractivity (Wildman–Crippen MR) is 159 cm³/mol. The summed E-state index contributed by atoms with van der Waals surface area (Å²) in [6, 6.07) is 2.33. The van der Waals surface area contributed by atoms with Crippen LogP contribution in [0, 0.1) is 17.8 Å². The Labute approximate surface area is 260 Å². The second-order valence-corrected chi connectivity index (χ2v) is 12.6. The summed E-state index contributed by atoms with van der Waals surface area (Å²) in [5.41, 5.74) is 0.569. The van der Waals surface area contributed by atoms with E-state index in [1.165, 1.54) is 11.8 Å². The van der Waals surface area contributed by atoms with E-state index in [-0.39, 0.29) is 31.3 Å². The number of nitrogens with zero attached hydrogens (tertiary/aromatic N) is 1. The molecule has 3 N–H and O–H groups in total. The van der Waals surface area contributed by atoms with Gasteiger partial charge in [-0.15, -0.1) is 0 Å². The number of hydrogen-bond donors (Lipinski definition) is 3. The Bertz CT molecular complexity index is 1280. The van der Waals surface area contributed by atoms with Crippen LogP contribution in [-0.2, 0) is 23.9 Å². The molecule has 3 saturated heterocycles. The van der Waals surface area contributed by atoms with Gasteiger partial charge < -0.3 is 25.6 Å². The maximum Gasteiger partial charge on any atom is 0.366 e.